The summed E-state index contributed by atoms with van der Waals surface area (Å²) in [5.41, 5.74) is 1.18. The van der Waals surface area contributed by atoms with Crippen molar-refractivity contribution in [2.45, 2.75) is 64.2 Å². The van der Waals surface area contributed by atoms with Crippen LogP contribution in [0.5, 0.6) is 0 Å². The minimum atomic E-state index is -1.56. The Bertz CT molecular complexity index is 1350. The largest absolute Gasteiger partial charge is 0.419 e. The number of unbranched alkanes of at least 4 members (excludes halogenated alkanes) is 1. The van der Waals surface area contributed by atoms with Crippen LogP contribution in [0.3, 0.4) is 0 Å². The van der Waals surface area contributed by atoms with Crippen molar-refractivity contribution in [1.82, 2.24) is 19.4 Å². The van der Waals surface area contributed by atoms with Crippen molar-refractivity contribution in [1.29, 1.82) is 0 Å². The molecule has 3 fully saturated rings. The molecule has 2 aromatic rings. The van der Waals surface area contributed by atoms with Gasteiger partial charge in [-0.3, -0.25) is 19.4 Å². The number of piperazine rings is 1. The highest BCUT2D eigenvalue weighted by Gasteiger charge is 2.65. The number of rotatable bonds is 7. The number of para-hydroxylation sites is 2. The number of nitrogens with zero attached hydrogens (tertiary/aromatic N) is 5. The molecule has 3 aliphatic heterocycles. The Morgan fingerprint density at radius 1 is 0.854 bits per heavy atom. The number of imide groups is 1. The summed E-state index contributed by atoms with van der Waals surface area (Å²) < 4.78 is 13.4. The molecule has 4 aliphatic rings. The Kier molecular flexibility index (Phi) is 7.31. The van der Waals surface area contributed by atoms with E-state index in [1.54, 1.807) is 0 Å². The molecule has 2 saturated heterocycles. The smallest absolute Gasteiger partial charge is 0.334 e. The summed E-state index contributed by atoms with van der Waals surface area (Å²) >= 11 is 0. The van der Waals surface area contributed by atoms with Crippen LogP contribution in [0.25, 0.3) is 11.0 Å². The van der Waals surface area contributed by atoms with Crippen molar-refractivity contribution in [3.05, 3.63) is 36.4 Å². The molecule has 0 unspecified atom stereocenters. The molecule has 0 N–H and O–H groups in total. The monoisotopic (exact) mass is 563 g/mol. The maximum Gasteiger partial charge on any atom is 0.334 e. The van der Waals surface area contributed by atoms with Crippen LogP contribution in [0, 0.1) is 5.41 Å². The van der Waals surface area contributed by atoms with Crippen molar-refractivity contribution in [3.63, 3.8) is 0 Å². The Hall–Kier alpha value is -3.73. The molecule has 4 heterocycles. The highest BCUT2D eigenvalue weighted by molar-refractivity contribution is 5.99. The fraction of sp³-hybridized carbons (Fsp3) is 0.567. The lowest BCUT2D eigenvalue weighted by Gasteiger charge is -2.46. The molecule has 1 aromatic heterocycles. The quantitative estimate of drug-likeness (QED) is 0.285. The first-order valence-corrected chi connectivity index (χ1v) is 14.7. The number of anilines is 1. The second-order valence-electron chi connectivity index (χ2n) is 11.5. The zero-order valence-electron chi connectivity index (χ0n) is 23.5. The number of likely N-dealkylation sites (tertiary alicyclic amines) is 1. The van der Waals surface area contributed by atoms with Crippen molar-refractivity contribution in [2.75, 3.05) is 44.2 Å². The number of ether oxygens (including phenoxy) is 2. The average molecular weight is 564 g/mol. The third-order valence-corrected chi connectivity index (χ3v) is 9.15. The van der Waals surface area contributed by atoms with Gasteiger partial charge in [-0.05, 0) is 51.3 Å². The van der Waals surface area contributed by atoms with E-state index in [9.17, 15) is 19.2 Å². The van der Waals surface area contributed by atoms with E-state index in [0.717, 1.165) is 81.2 Å². The number of benzene rings is 1. The summed E-state index contributed by atoms with van der Waals surface area (Å²) in [6, 6.07) is 8.25. The van der Waals surface area contributed by atoms with Crippen LogP contribution in [0.15, 0.2) is 36.4 Å². The summed E-state index contributed by atoms with van der Waals surface area (Å²) in [7, 11) is 0. The molecule has 1 aromatic carbocycles. The summed E-state index contributed by atoms with van der Waals surface area (Å²) in [6.07, 6.45) is 5.07. The van der Waals surface area contributed by atoms with Crippen LogP contribution < -0.4 is 4.90 Å². The number of hydrogen-bond donors (Lipinski definition) is 0. The number of carbonyl (C=O) groups is 4. The second kappa shape index (κ2) is 10.9. The maximum atomic E-state index is 13.2. The molecule has 1 saturated carbocycles. The topological polar surface area (TPSA) is 114 Å². The SMILES string of the molecule is CCn1c(N2CCN(CCCCN3C(=O)CC4(CCCC45OC(=O)C=CC(=O)O5)CC3=O)CC2)nc2ccccc21. The number of aromatic nitrogens is 2. The van der Waals surface area contributed by atoms with E-state index in [1.807, 2.05) is 6.07 Å². The van der Waals surface area contributed by atoms with Gasteiger partial charge < -0.3 is 18.9 Å². The van der Waals surface area contributed by atoms with Crippen LogP contribution in [-0.4, -0.2) is 88.2 Å². The van der Waals surface area contributed by atoms with Crippen LogP contribution >= 0.6 is 0 Å². The third-order valence-electron chi connectivity index (χ3n) is 9.15. The second-order valence-corrected chi connectivity index (χ2v) is 11.5. The number of imidazole rings is 1. The van der Waals surface area contributed by atoms with Gasteiger partial charge in [0.05, 0.1) is 16.4 Å². The standard InChI is InChI=1S/C30H37N5O6/c1-2-34-23-9-4-3-8-22(23)31-28(34)33-18-16-32(17-19-33)14-5-6-15-35-24(36)20-29(21-25(35)37)12-7-13-30(29)40-26(38)10-11-27(39)41-30/h3-4,8-11H,2,5-7,12-21H2,1H3. The molecule has 2 spiro atoms. The van der Waals surface area contributed by atoms with Gasteiger partial charge in [-0.1, -0.05) is 12.1 Å². The molecule has 1 aliphatic carbocycles. The van der Waals surface area contributed by atoms with E-state index < -0.39 is 23.1 Å². The number of fused-ring (bicyclic) bond motifs is 2. The predicted molar refractivity (Wildman–Crippen MR) is 150 cm³/mol. The summed E-state index contributed by atoms with van der Waals surface area (Å²) in [5, 5.41) is 0. The van der Waals surface area contributed by atoms with Gasteiger partial charge in [0.15, 0.2) is 0 Å². The molecular weight excluding hydrogens is 526 g/mol. The highest BCUT2D eigenvalue weighted by Crippen LogP contribution is 2.56. The molecule has 0 atom stereocenters. The van der Waals surface area contributed by atoms with Crippen molar-refractivity contribution < 1.29 is 28.7 Å². The van der Waals surface area contributed by atoms with Gasteiger partial charge in [-0.15, -0.1) is 0 Å². The molecule has 41 heavy (non-hydrogen) atoms. The van der Waals surface area contributed by atoms with E-state index in [4.69, 9.17) is 14.5 Å². The number of amides is 2. The number of piperidine rings is 1. The normalized spacial score (nSPS) is 22.6. The van der Waals surface area contributed by atoms with Crippen LogP contribution in [0.1, 0.15) is 51.9 Å². The van der Waals surface area contributed by atoms with Crippen LogP contribution in [0.2, 0.25) is 0 Å². The lowest BCUT2D eigenvalue weighted by atomic mass is 9.72. The first-order chi connectivity index (χ1) is 19.8. The van der Waals surface area contributed by atoms with Crippen LogP contribution in [0.4, 0.5) is 5.95 Å². The summed E-state index contributed by atoms with van der Waals surface area (Å²) in [6.45, 7) is 7.97. The molecule has 6 rings (SSSR count). The van der Waals surface area contributed by atoms with E-state index in [-0.39, 0.29) is 31.1 Å². The van der Waals surface area contributed by atoms with Gasteiger partial charge in [0.1, 0.15) is 0 Å². The summed E-state index contributed by atoms with van der Waals surface area (Å²) in [5.74, 6) is -2.50. The zero-order chi connectivity index (χ0) is 28.6. The lowest BCUT2D eigenvalue weighted by Crippen LogP contribution is -2.58. The molecule has 218 valence electrons. The van der Waals surface area contributed by atoms with Gasteiger partial charge in [0.2, 0.25) is 17.8 Å². The van der Waals surface area contributed by atoms with Gasteiger partial charge in [-0.25, -0.2) is 14.6 Å². The minimum absolute atomic E-state index is 0.0177. The first kappa shape index (κ1) is 27.4. The van der Waals surface area contributed by atoms with Crippen molar-refractivity contribution in [3.8, 4) is 0 Å². The van der Waals surface area contributed by atoms with E-state index in [2.05, 4.69) is 39.5 Å². The van der Waals surface area contributed by atoms with Gasteiger partial charge in [-0.2, -0.15) is 0 Å². The van der Waals surface area contributed by atoms with Crippen molar-refractivity contribution >= 4 is 40.7 Å². The number of carbonyl (C=O) groups excluding carboxylic acids is 4. The van der Waals surface area contributed by atoms with E-state index >= 15 is 0 Å². The van der Waals surface area contributed by atoms with E-state index in [1.165, 1.54) is 4.90 Å². The Balaban J connectivity index is 0.992. The molecule has 0 radical (unpaired) electrons. The number of esters is 2. The highest BCUT2D eigenvalue weighted by atomic mass is 16.7. The van der Waals surface area contributed by atoms with Crippen molar-refractivity contribution in [2.24, 2.45) is 5.41 Å². The van der Waals surface area contributed by atoms with E-state index in [0.29, 0.717) is 19.4 Å². The van der Waals surface area contributed by atoms with Crippen LogP contribution in [-0.2, 0) is 35.2 Å². The Morgan fingerprint density at radius 3 is 2.20 bits per heavy atom. The average Bonchev–Trinajstić information content (AvgIpc) is 3.43. The number of hydrogen-bond acceptors (Lipinski definition) is 9. The molecule has 11 nitrogen and oxygen atoms in total. The van der Waals surface area contributed by atoms with Gasteiger partial charge in [0, 0.05) is 70.7 Å². The summed E-state index contributed by atoms with van der Waals surface area (Å²) in [4.78, 5) is 61.8. The minimum Gasteiger partial charge on any atom is -0.419 e. The molecule has 11 heteroatoms. The molecule has 2 amide bonds. The first-order valence-electron chi connectivity index (χ1n) is 14.7. The fourth-order valence-electron chi connectivity index (χ4n) is 7.04. The Morgan fingerprint density at radius 2 is 1.51 bits per heavy atom. The molecule has 0 bridgehead atoms. The lowest BCUT2D eigenvalue weighted by molar-refractivity contribution is -0.261. The fourth-order valence-corrected chi connectivity index (χ4v) is 7.04. The third kappa shape index (κ3) is 5.00. The predicted octanol–water partition coefficient (Wildman–Crippen LogP) is 2.63. The number of aryl methyl sites for hydroxylation is 1. The molecular formula is C30H37N5O6. The van der Waals surface area contributed by atoms with Gasteiger partial charge >= 0.3 is 11.9 Å². The Labute approximate surface area is 239 Å². The van der Waals surface area contributed by atoms with Gasteiger partial charge in [0.25, 0.3) is 5.79 Å². The zero-order valence-corrected chi connectivity index (χ0v) is 23.5. The maximum absolute atomic E-state index is 13.2.